The van der Waals surface area contributed by atoms with Crippen molar-refractivity contribution in [1.29, 1.82) is 0 Å². The number of aryl methyl sites for hydroxylation is 1. The highest BCUT2D eigenvalue weighted by molar-refractivity contribution is 4.77. The molecule has 15 heavy (non-hydrogen) atoms. The van der Waals surface area contributed by atoms with Crippen molar-refractivity contribution in [2.45, 2.75) is 40.2 Å². The molecule has 86 valence electrons. The molecule has 0 unspecified atom stereocenters. The molecule has 0 atom stereocenters. The zero-order chi connectivity index (χ0) is 11.1. The van der Waals surface area contributed by atoms with E-state index < -0.39 is 0 Å². The van der Waals surface area contributed by atoms with Crippen LogP contribution in [0.5, 0.6) is 0 Å². The van der Waals surface area contributed by atoms with Crippen molar-refractivity contribution < 1.29 is 0 Å². The van der Waals surface area contributed by atoms with Gasteiger partial charge in [0, 0.05) is 18.9 Å². The van der Waals surface area contributed by atoms with E-state index in [-0.39, 0.29) is 0 Å². The molecule has 3 nitrogen and oxygen atoms in total. The summed E-state index contributed by atoms with van der Waals surface area (Å²) < 4.78 is 1.98. The SMILES string of the molecule is CC(C)(C)CCNCCCn1cccn1. The third kappa shape index (κ3) is 6.28. The maximum absolute atomic E-state index is 4.16. The van der Waals surface area contributed by atoms with Gasteiger partial charge in [-0.2, -0.15) is 5.10 Å². The van der Waals surface area contributed by atoms with E-state index in [2.05, 4.69) is 31.2 Å². The number of hydrogen-bond acceptors (Lipinski definition) is 2. The van der Waals surface area contributed by atoms with Crippen molar-refractivity contribution in [2.24, 2.45) is 5.41 Å². The third-order valence-corrected chi connectivity index (χ3v) is 2.35. The van der Waals surface area contributed by atoms with E-state index in [0.717, 1.165) is 26.1 Å². The molecule has 0 spiro atoms. The normalized spacial score (nSPS) is 11.9. The lowest BCUT2D eigenvalue weighted by molar-refractivity contribution is 0.365. The zero-order valence-electron chi connectivity index (χ0n) is 10.2. The fraction of sp³-hybridized carbons (Fsp3) is 0.750. The second kappa shape index (κ2) is 5.91. The minimum absolute atomic E-state index is 0.439. The topological polar surface area (TPSA) is 29.9 Å². The number of rotatable bonds is 6. The predicted molar refractivity (Wildman–Crippen MR) is 63.8 cm³/mol. The summed E-state index contributed by atoms with van der Waals surface area (Å²) in [7, 11) is 0. The Balaban J connectivity index is 1.94. The molecular formula is C12H23N3. The first-order valence-electron chi connectivity index (χ1n) is 5.76. The molecule has 1 aromatic rings. The largest absolute Gasteiger partial charge is 0.317 e. The molecule has 0 fully saturated rings. The fourth-order valence-electron chi connectivity index (χ4n) is 1.39. The molecule has 0 aliphatic heterocycles. The second-order valence-corrected chi connectivity index (χ2v) is 5.18. The second-order valence-electron chi connectivity index (χ2n) is 5.18. The number of aromatic nitrogens is 2. The van der Waals surface area contributed by atoms with Crippen molar-refractivity contribution in [3.05, 3.63) is 18.5 Å². The summed E-state index contributed by atoms with van der Waals surface area (Å²) in [5.74, 6) is 0. The van der Waals surface area contributed by atoms with E-state index in [9.17, 15) is 0 Å². The van der Waals surface area contributed by atoms with E-state index in [1.807, 2.05) is 23.1 Å². The third-order valence-electron chi connectivity index (χ3n) is 2.35. The molecule has 0 aliphatic rings. The van der Waals surface area contributed by atoms with Gasteiger partial charge in [0.2, 0.25) is 0 Å². The van der Waals surface area contributed by atoms with Crippen LogP contribution in [0.3, 0.4) is 0 Å². The quantitative estimate of drug-likeness (QED) is 0.729. The van der Waals surface area contributed by atoms with Gasteiger partial charge in [-0.05, 0) is 37.4 Å². The Morgan fingerprint density at radius 2 is 2.07 bits per heavy atom. The Morgan fingerprint density at radius 1 is 1.27 bits per heavy atom. The number of hydrogen-bond donors (Lipinski definition) is 1. The van der Waals surface area contributed by atoms with E-state index >= 15 is 0 Å². The summed E-state index contributed by atoms with van der Waals surface area (Å²) in [5, 5.41) is 7.63. The fourth-order valence-corrected chi connectivity index (χ4v) is 1.39. The molecule has 0 aromatic carbocycles. The van der Waals surface area contributed by atoms with Crippen LogP contribution >= 0.6 is 0 Å². The smallest absolute Gasteiger partial charge is 0.0489 e. The van der Waals surface area contributed by atoms with Crippen molar-refractivity contribution in [2.75, 3.05) is 13.1 Å². The Kier molecular flexibility index (Phi) is 4.82. The van der Waals surface area contributed by atoms with E-state index in [0.29, 0.717) is 5.41 Å². The molecule has 3 heteroatoms. The van der Waals surface area contributed by atoms with Crippen molar-refractivity contribution in [3.63, 3.8) is 0 Å². The lowest BCUT2D eigenvalue weighted by atomic mass is 9.92. The van der Waals surface area contributed by atoms with E-state index in [1.165, 1.54) is 6.42 Å². The Bertz CT molecular complexity index is 246. The van der Waals surface area contributed by atoms with Crippen LogP contribution in [0, 0.1) is 5.41 Å². The molecule has 0 aliphatic carbocycles. The van der Waals surface area contributed by atoms with Crippen LogP contribution in [0.4, 0.5) is 0 Å². The predicted octanol–water partition coefficient (Wildman–Crippen LogP) is 2.30. The minimum atomic E-state index is 0.439. The van der Waals surface area contributed by atoms with Gasteiger partial charge < -0.3 is 5.32 Å². The summed E-state index contributed by atoms with van der Waals surface area (Å²) in [6.45, 7) is 10.0. The highest BCUT2D eigenvalue weighted by Crippen LogP contribution is 2.16. The molecule has 0 radical (unpaired) electrons. The van der Waals surface area contributed by atoms with Gasteiger partial charge >= 0.3 is 0 Å². The monoisotopic (exact) mass is 209 g/mol. The molecule has 0 amide bonds. The Hall–Kier alpha value is -0.830. The number of nitrogens with one attached hydrogen (secondary N) is 1. The molecular weight excluding hydrogens is 186 g/mol. The van der Waals surface area contributed by atoms with Crippen molar-refractivity contribution in [3.8, 4) is 0 Å². The standard InChI is InChI=1S/C12H23N3/c1-12(2,3)6-9-13-7-4-10-15-11-5-8-14-15/h5,8,11,13H,4,6-7,9-10H2,1-3H3. The first kappa shape index (κ1) is 12.2. The van der Waals surface area contributed by atoms with Crippen LogP contribution in [0.1, 0.15) is 33.6 Å². The van der Waals surface area contributed by atoms with Crippen LogP contribution in [0.2, 0.25) is 0 Å². The summed E-state index contributed by atoms with van der Waals surface area (Å²) in [5.41, 5.74) is 0.439. The lowest BCUT2D eigenvalue weighted by Gasteiger charge is -2.17. The van der Waals surface area contributed by atoms with Gasteiger partial charge in [0.25, 0.3) is 0 Å². The van der Waals surface area contributed by atoms with Gasteiger partial charge in [0.1, 0.15) is 0 Å². The molecule has 1 heterocycles. The van der Waals surface area contributed by atoms with Crippen LogP contribution in [0.25, 0.3) is 0 Å². The highest BCUT2D eigenvalue weighted by Gasteiger charge is 2.08. The average Bonchev–Trinajstić information content (AvgIpc) is 2.61. The average molecular weight is 209 g/mol. The van der Waals surface area contributed by atoms with Gasteiger partial charge in [-0.25, -0.2) is 0 Å². The maximum Gasteiger partial charge on any atom is 0.0489 e. The molecule has 0 bridgehead atoms. The summed E-state index contributed by atoms with van der Waals surface area (Å²) in [6, 6.07) is 1.97. The summed E-state index contributed by atoms with van der Waals surface area (Å²) in [4.78, 5) is 0. The van der Waals surface area contributed by atoms with Gasteiger partial charge in [-0.1, -0.05) is 20.8 Å². The van der Waals surface area contributed by atoms with E-state index in [1.54, 1.807) is 0 Å². The highest BCUT2D eigenvalue weighted by atomic mass is 15.3. The summed E-state index contributed by atoms with van der Waals surface area (Å²) >= 11 is 0. The van der Waals surface area contributed by atoms with Gasteiger partial charge in [-0.3, -0.25) is 4.68 Å². The first-order valence-corrected chi connectivity index (χ1v) is 5.76. The van der Waals surface area contributed by atoms with E-state index in [4.69, 9.17) is 0 Å². The van der Waals surface area contributed by atoms with Gasteiger partial charge in [0.15, 0.2) is 0 Å². The Labute approximate surface area is 92.9 Å². The van der Waals surface area contributed by atoms with Crippen LogP contribution < -0.4 is 5.32 Å². The molecule has 1 N–H and O–H groups in total. The van der Waals surface area contributed by atoms with Crippen LogP contribution in [0.15, 0.2) is 18.5 Å². The van der Waals surface area contributed by atoms with Crippen molar-refractivity contribution in [1.82, 2.24) is 15.1 Å². The van der Waals surface area contributed by atoms with Gasteiger partial charge in [0.05, 0.1) is 0 Å². The van der Waals surface area contributed by atoms with Gasteiger partial charge in [-0.15, -0.1) is 0 Å². The maximum atomic E-state index is 4.16. The van der Waals surface area contributed by atoms with Crippen LogP contribution in [-0.2, 0) is 6.54 Å². The first-order chi connectivity index (χ1) is 7.08. The Morgan fingerprint density at radius 3 is 2.67 bits per heavy atom. The number of nitrogens with zero attached hydrogens (tertiary/aromatic N) is 2. The van der Waals surface area contributed by atoms with Crippen molar-refractivity contribution >= 4 is 0 Å². The van der Waals surface area contributed by atoms with Crippen LogP contribution in [-0.4, -0.2) is 22.9 Å². The minimum Gasteiger partial charge on any atom is -0.317 e. The zero-order valence-corrected chi connectivity index (χ0v) is 10.2. The molecule has 1 rings (SSSR count). The molecule has 0 saturated carbocycles. The summed E-state index contributed by atoms with van der Waals surface area (Å²) in [6.07, 6.45) is 6.21. The lowest BCUT2D eigenvalue weighted by Crippen LogP contribution is -2.22. The molecule has 1 aromatic heterocycles. The molecule has 0 saturated heterocycles.